The molecule has 0 spiro atoms. The Morgan fingerprint density at radius 1 is 1.03 bits per heavy atom. The minimum absolute atomic E-state index is 0.00863. The summed E-state index contributed by atoms with van der Waals surface area (Å²) in [5.74, 6) is -0.284. The Labute approximate surface area is 176 Å². The average Bonchev–Trinajstić information content (AvgIpc) is 3.29. The topological polar surface area (TPSA) is 101 Å². The highest BCUT2D eigenvalue weighted by atomic mass is 16.2. The molecule has 0 radical (unpaired) electrons. The third kappa shape index (κ3) is 4.24. The van der Waals surface area contributed by atoms with E-state index in [2.05, 4.69) is 29.3 Å². The van der Waals surface area contributed by atoms with Gasteiger partial charge in [-0.2, -0.15) is 4.80 Å². The Bertz CT molecular complexity index is 895. The summed E-state index contributed by atoms with van der Waals surface area (Å²) < 4.78 is 0. The second-order valence-electron chi connectivity index (χ2n) is 7.61. The molecule has 1 aromatic carbocycles. The number of hydrogen-bond donors (Lipinski definition) is 0. The largest absolute Gasteiger partial charge is 0.336 e. The molecule has 0 aliphatic carbocycles. The van der Waals surface area contributed by atoms with Crippen LogP contribution in [-0.2, 0) is 17.8 Å². The van der Waals surface area contributed by atoms with Crippen molar-refractivity contribution in [1.29, 1.82) is 0 Å². The van der Waals surface area contributed by atoms with Crippen LogP contribution in [0.4, 0.5) is 0 Å². The van der Waals surface area contributed by atoms with Crippen LogP contribution in [0.15, 0.2) is 24.3 Å². The van der Waals surface area contributed by atoms with Crippen LogP contribution >= 0.6 is 0 Å². The lowest BCUT2D eigenvalue weighted by Gasteiger charge is -2.33. The number of fused-ring (bicyclic) bond motifs is 1. The van der Waals surface area contributed by atoms with Crippen LogP contribution in [-0.4, -0.2) is 66.4 Å². The van der Waals surface area contributed by atoms with Gasteiger partial charge < -0.3 is 4.90 Å². The number of rotatable bonds is 9. The van der Waals surface area contributed by atoms with Gasteiger partial charge in [0.05, 0.1) is 11.1 Å². The van der Waals surface area contributed by atoms with Crippen LogP contribution in [0.25, 0.3) is 0 Å². The molecule has 0 bridgehead atoms. The number of imide groups is 1. The number of carbonyl (C=O) groups is 3. The predicted octanol–water partition coefficient (Wildman–Crippen LogP) is 1.94. The molecule has 0 N–H and O–H groups in total. The molecule has 160 valence electrons. The van der Waals surface area contributed by atoms with Gasteiger partial charge in [-0.05, 0) is 44.0 Å². The van der Waals surface area contributed by atoms with Crippen molar-refractivity contribution in [2.24, 2.45) is 0 Å². The fraction of sp³-hybridized carbons (Fsp3) is 0.524. The molecule has 2 atom stereocenters. The summed E-state index contributed by atoms with van der Waals surface area (Å²) in [7, 11) is 0. The molecule has 0 fully saturated rings. The Balaban J connectivity index is 1.61. The van der Waals surface area contributed by atoms with Crippen molar-refractivity contribution in [2.75, 3.05) is 6.54 Å². The maximum atomic E-state index is 12.8. The van der Waals surface area contributed by atoms with Gasteiger partial charge in [-0.15, -0.1) is 10.2 Å². The first-order valence-corrected chi connectivity index (χ1v) is 10.4. The van der Waals surface area contributed by atoms with E-state index in [1.54, 1.807) is 24.3 Å². The number of hydrogen-bond acceptors (Lipinski definition) is 6. The van der Waals surface area contributed by atoms with E-state index in [1.165, 1.54) is 9.70 Å². The van der Waals surface area contributed by atoms with Gasteiger partial charge >= 0.3 is 0 Å². The summed E-state index contributed by atoms with van der Waals surface area (Å²) in [5.41, 5.74) is 0.833. The third-order valence-corrected chi connectivity index (χ3v) is 5.63. The Kier molecular flexibility index (Phi) is 6.59. The molecule has 3 rings (SSSR count). The minimum Gasteiger partial charge on any atom is -0.336 e. The third-order valence-electron chi connectivity index (χ3n) is 5.63. The molecular formula is C21H28N6O3. The fourth-order valence-electron chi connectivity index (χ4n) is 3.62. The first-order valence-electron chi connectivity index (χ1n) is 10.4. The normalized spacial score (nSPS) is 15.3. The summed E-state index contributed by atoms with van der Waals surface area (Å²) in [5, 5.41) is 12.2. The summed E-state index contributed by atoms with van der Waals surface area (Å²) >= 11 is 0. The van der Waals surface area contributed by atoms with E-state index in [9.17, 15) is 14.4 Å². The van der Waals surface area contributed by atoms with E-state index in [0.717, 1.165) is 12.8 Å². The van der Waals surface area contributed by atoms with E-state index in [-0.39, 0.29) is 49.3 Å². The highest BCUT2D eigenvalue weighted by Crippen LogP contribution is 2.22. The molecule has 30 heavy (non-hydrogen) atoms. The van der Waals surface area contributed by atoms with Gasteiger partial charge in [-0.1, -0.05) is 26.0 Å². The second-order valence-corrected chi connectivity index (χ2v) is 7.61. The molecule has 2 aromatic rings. The highest BCUT2D eigenvalue weighted by molar-refractivity contribution is 6.21. The summed E-state index contributed by atoms with van der Waals surface area (Å²) in [4.78, 5) is 42.0. The standard InChI is InChI=1S/C21H28N6O3/c1-5-14(3)27(15(4)6-2)19(28)13-26-23-18(22-24-26)11-12-25-20(29)16-9-7-8-10-17(16)21(25)30/h7-10,14-15H,5-6,11-13H2,1-4H3/t14-,15+. The Morgan fingerprint density at radius 2 is 1.60 bits per heavy atom. The number of aromatic nitrogens is 4. The van der Waals surface area contributed by atoms with Gasteiger partial charge in [-0.3, -0.25) is 19.3 Å². The predicted molar refractivity (Wildman–Crippen MR) is 110 cm³/mol. The van der Waals surface area contributed by atoms with E-state index < -0.39 is 0 Å². The lowest BCUT2D eigenvalue weighted by atomic mass is 10.1. The van der Waals surface area contributed by atoms with E-state index >= 15 is 0 Å². The number of carbonyl (C=O) groups excluding carboxylic acids is 3. The second kappa shape index (κ2) is 9.15. The molecule has 0 unspecified atom stereocenters. The summed E-state index contributed by atoms with van der Waals surface area (Å²) in [6, 6.07) is 7.03. The van der Waals surface area contributed by atoms with Crippen LogP contribution in [0.2, 0.25) is 0 Å². The molecule has 1 aliphatic heterocycles. The molecule has 9 heteroatoms. The van der Waals surface area contributed by atoms with Crippen molar-refractivity contribution in [1.82, 2.24) is 30.0 Å². The lowest BCUT2D eigenvalue weighted by Crippen LogP contribution is -2.46. The summed E-state index contributed by atoms with van der Waals surface area (Å²) in [6.45, 7) is 8.35. The van der Waals surface area contributed by atoms with Crippen LogP contribution in [0.1, 0.15) is 67.1 Å². The molecule has 0 saturated carbocycles. The minimum atomic E-state index is -0.309. The van der Waals surface area contributed by atoms with Crippen molar-refractivity contribution in [2.45, 2.75) is 65.6 Å². The maximum absolute atomic E-state index is 12.8. The van der Waals surface area contributed by atoms with E-state index in [0.29, 0.717) is 17.0 Å². The van der Waals surface area contributed by atoms with Crippen LogP contribution in [0.3, 0.4) is 0 Å². The van der Waals surface area contributed by atoms with Crippen LogP contribution in [0, 0.1) is 0 Å². The van der Waals surface area contributed by atoms with E-state index in [4.69, 9.17) is 0 Å². The van der Waals surface area contributed by atoms with Crippen molar-refractivity contribution in [3.8, 4) is 0 Å². The number of tetrazole rings is 1. The van der Waals surface area contributed by atoms with Crippen molar-refractivity contribution >= 4 is 17.7 Å². The zero-order valence-corrected chi connectivity index (χ0v) is 17.9. The molecule has 1 aromatic heterocycles. The quantitative estimate of drug-likeness (QED) is 0.584. The molecule has 2 heterocycles. The molecule has 0 saturated heterocycles. The molecule has 3 amide bonds. The number of amides is 3. The highest BCUT2D eigenvalue weighted by Gasteiger charge is 2.35. The van der Waals surface area contributed by atoms with Gasteiger partial charge in [0, 0.05) is 25.0 Å². The van der Waals surface area contributed by atoms with Gasteiger partial charge in [-0.25, -0.2) is 0 Å². The van der Waals surface area contributed by atoms with Crippen molar-refractivity contribution in [3.63, 3.8) is 0 Å². The SMILES string of the molecule is CC[C@@H](C)N(C(=O)Cn1nnc(CCN2C(=O)c3ccccc3C2=O)n1)[C@@H](C)CC. The Morgan fingerprint density at radius 3 is 2.13 bits per heavy atom. The van der Waals surface area contributed by atoms with Gasteiger partial charge in [0.2, 0.25) is 5.91 Å². The molecule has 1 aliphatic rings. The number of nitrogens with zero attached hydrogens (tertiary/aromatic N) is 6. The number of benzene rings is 1. The van der Waals surface area contributed by atoms with Crippen LogP contribution in [0.5, 0.6) is 0 Å². The molecule has 9 nitrogen and oxygen atoms in total. The lowest BCUT2D eigenvalue weighted by molar-refractivity contribution is -0.136. The average molecular weight is 412 g/mol. The van der Waals surface area contributed by atoms with Crippen molar-refractivity contribution in [3.05, 3.63) is 41.2 Å². The first kappa shape index (κ1) is 21.6. The zero-order chi connectivity index (χ0) is 21.8. The fourth-order valence-corrected chi connectivity index (χ4v) is 3.62. The Hall–Kier alpha value is -3.10. The summed E-state index contributed by atoms with van der Waals surface area (Å²) in [6.07, 6.45) is 2.01. The van der Waals surface area contributed by atoms with Gasteiger partial charge in [0.25, 0.3) is 11.8 Å². The first-order chi connectivity index (χ1) is 14.4. The van der Waals surface area contributed by atoms with E-state index in [1.807, 2.05) is 18.7 Å². The van der Waals surface area contributed by atoms with Gasteiger partial charge in [0.15, 0.2) is 5.82 Å². The van der Waals surface area contributed by atoms with Crippen molar-refractivity contribution < 1.29 is 14.4 Å². The van der Waals surface area contributed by atoms with Gasteiger partial charge in [0.1, 0.15) is 6.54 Å². The monoisotopic (exact) mass is 412 g/mol. The van der Waals surface area contributed by atoms with Crippen LogP contribution < -0.4 is 0 Å². The smallest absolute Gasteiger partial charge is 0.261 e. The zero-order valence-electron chi connectivity index (χ0n) is 17.9. The molecular weight excluding hydrogens is 384 g/mol. The maximum Gasteiger partial charge on any atom is 0.261 e.